The van der Waals surface area contributed by atoms with E-state index in [9.17, 15) is 13.2 Å². The van der Waals surface area contributed by atoms with Crippen molar-refractivity contribution < 1.29 is 13.2 Å². The standard InChI is InChI=1S/C20H26N2O3S2/c1-4-18-17-12-14-26-19(17)11-13-22(18)20(23)15-7-9-16(10-8-15)27(24,25)21(5-2)6-3/h7-10,12,14,18H,4-6,11,13H2,1-3H3/t18-/m1/s1. The number of rotatable bonds is 6. The number of carbonyl (C=O) groups excluding carboxylic acids is 1. The van der Waals surface area contributed by atoms with Crippen LogP contribution in [0, 0.1) is 0 Å². The van der Waals surface area contributed by atoms with Gasteiger partial charge in [-0.05, 0) is 54.1 Å². The number of thiophene rings is 1. The fraction of sp³-hybridized carbons (Fsp3) is 0.450. The zero-order chi connectivity index (χ0) is 19.6. The molecular weight excluding hydrogens is 380 g/mol. The minimum Gasteiger partial charge on any atom is -0.331 e. The summed E-state index contributed by atoms with van der Waals surface area (Å²) in [7, 11) is -3.51. The van der Waals surface area contributed by atoms with Crippen LogP contribution in [0.4, 0.5) is 0 Å². The molecule has 27 heavy (non-hydrogen) atoms. The molecule has 1 aromatic heterocycles. The van der Waals surface area contributed by atoms with Gasteiger partial charge in [-0.3, -0.25) is 4.79 Å². The Morgan fingerprint density at radius 2 is 1.81 bits per heavy atom. The highest BCUT2D eigenvalue weighted by atomic mass is 32.2. The number of fused-ring (bicyclic) bond motifs is 1. The number of hydrogen-bond donors (Lipinski definition) is 0. The molecule has 0 saturated heterocycles. The van der Waals surface area contributed by atoms with Crippen molar-refractivity contribution in [2.45, 2.75) is 44.6 Å². The molecule has 5 nitrogen and oxygen atoms in total. The number of amides is 1. The van der Waals surface area contributed by atoms with Crippen LogP contribution in [0.25, 0.3) is 0 Å². The molecule has 1 aliphatic heterocycles. The van der Waals surface area contributed by atoms with E-state index in [0.29, 0.717) is 25.2 Å². The van der Waals surface area contributed by atoms with Gasteiger partial charge < -0.3 is 4.90 Å². The summed E-state index contributed by atoms with van der Waals surface area (Å²) in [6, 6.07) is 8.56. The molecule has 1 amide bonds. The van der Waals surface area contributed by atoms with Crippen molar-refractivity contribution in [1.29, 1.82) is 0 Å². The van der Waals surface area contributed by atoms with Crippen LogP contribution in [0.2, 0.25) is 0 Å². The lowest BCUT2D eigenvalue weighted by molar-refractivity contribution is 0.0657. The summed E-state index contributed by atoms with van der Waals surface area (Å²) in [6.07, 6.45) is 1.74. The van der Waals surface area contributed by atoms with Crippen molar-refractivity contribution in [3.8, 4) is 0 Å². The lowest BCUT2D eigenvalue weighted by Gasteiger charge is -2.35. The SMILES string of the molecule is CC[C@@H]1c2ccsc2CCN1C(=O)c1ccc(S(=O)(=O)N(CC)CC)cc1. The largest absolute Gasteiger partial charge is 0.331 e. The van der Waals surface area contributed by atoms with Crippen molar-refractivity contribution in [2.75, 3.05) is 19.6 Å². The second-order valence-electron chi connectivity index (χ2n) is 6.59. The summed E-state index contributed by atoms with van der Waals surface area (Å²) in [6.45, 7) is 7.28. The van der Waals surface area contributed by atoms with Crippen LogP contribution < -0.4 is 0 Å². The Balaban J connectivity index is 1.84. The Morgan fingerprint density at radius 1 is 1.15 bits per heavy atom. The van der Waals surface area contributed by atoms with Crippen LogP contribution in [-0.4, -0.2) is 43.2 Å². The van der Waals surface area contributed by atoms with Crippen LogP contribution in [0.1, 0.15) is 54.0 Å². The number of carbonyl (C=O) groups is 1. The van der Waals surface area contributed by atoms with Crippen LogP contribution in [0.15, 0.2) is 40.6 Å². The third-order valence-corrected chi connectivity index (χ3v) is 8.25. The monoisotopic (exact) mass is 406 g/mol. The highest BCUT2D eigenvalue weighted by Gasteiger charge is 2.31. The Morgan fingerprint density at radius 3 is 2.41 bits per heavy atom. The van der Waals surface area contributed by atoms with Crippen LogP contribution in [0.5, 0.6) is 0 Å². The molecular formula is C20H26N2O3S2. The molecule has 0 spiro atoms. The van der Waals surface area contributed by atoms with Gasteiger partial charge in [-0.15, -0.1) is 11.3 Å². The van der Waals surface area contributed by atoms with E-state index in [1.54, 1.807) is 35.6 Å². The first-order valence-corrected chi connectivity index (χ1v) is 11.7. The predicted molar refractivity (Wildman–Crippen MR) is 109 cm³/mol. The lowest BCUT2D eigenvalue weighted by atomic mass is 9.97. The molecule has 1 atom stereocenters. The summed E-state index contributed by atoms with van der Waals surface area (Å²) < 4.78 is 26.6. The molecule has 2 aromatic rings. The Hall–Kier alpha value is -1.70. The molecule has 0 N–H and O–H groups in total. The van der Waals surface area contributed by atoms with Crippen molar-refractivity contribution in [1.82, 2.24) is 9.21 Å². The van der Waals surface area contributed by atoms with Gasteiger partial charge >= 0.3 is 0 Å². The first kappa shape index (κ1) is 20.0. The van der Waals surface area contributed by atoms with Gasteiger partial charge in [-0.2, -0.15) is 4.31 Å². The van der Waals surface area contributed by atoms with Gasteiger partial charge in [0, 0.05) is 30.1 Å². The first-order chi connectivity index (χ1) is 12.9. The quantitative estimate of drug-likeness (QED) is 0.730. The first-order valence-electron chi connectivity index (χ1n) is 9.41. The summed E-state index contributed by atoms with van der Waals surface area (Å²) in [5, 5.41) is 2.09. The zero-order valence-electron chi connectivity index (χ0n) is 16.0. The molecule has 0 saturated carbocycles. The normalized spacial score (nSPS) is 17.2. The van der Waals surface area contributed by atoms with Gasteiger partial charge in [-0.1, -0.05) is 20.8 Å². The fourth-order valence-electron chi connectivity index (χ4n) is 3.73. The van der Waals surface area contributed by atoms with Gasteiger partial charge in [0.1, 0.15) is 0 Å². The van der Waals surface area contributed by atoms with Gasteiger partial charge in [0.2, 0.25) is 10.0 Å². The maximum Gasteiger partial charge on any atom is 0.254 e. The minimum absolute atomic E-state index is 0.0366. The van der Waals surface area contributed by atoms with E-state index in [1.165, 1.54) is 14.7 Å². The number of sulfonamides is 1. The Kier molecular flexibility index (Phi) is 6.03. The van der Waals surface area contributed by atoms with Crippen molar-refractivity contribution >= 4 is 27.3 Å². The average Bonchev–Trinajstić information content (AvgIpc) is 3.16. The average molecular weight is 407 g/mol. The zero-order valence-corrected chi connectivity index (χ0v) is 17.6. The molecule has 0 aliphatic carbocycles. The van der Waals surface area contributed by atoms with E-state index in [-0.39, 0.29) is 16.8 Å². The number of hydrogen-bond acceptors (Lipinski definition) is 4. The van der Waals surface area contributed by atoms with Crippen molar-refractivity contribution in [3.05, 3.63) is 51.7 Å². The molecule has 0 fully saturated rings. The van der Waals surface area contributed by atoms with Crippen molar-refractivity contribution in [3.63, 3.8) is 0 Å². The predicted octanol–water partition coefficient (Wildman–Crippen LogP) is 3.93. The van der Waals surface area contributed by atoms with E-state index >= 15 is 0 Å². The molecule has 3 rings (SSSR count). The van der Waals surface area contributed by atoms with Gasteiger partial charge in [0.15, 0.2) is 0 Å². The summed E-state index contributed by atoms with van der Waals surface area (Å²) in [5.74, 6) is -0.0366. The summed E-state index contributed by atoms with van der Waals surface area (Å²) >= 11 is 1.76. The number of nitrogens with zero attached hydrogens (tertiary/aromatic N) is 2. The van der Waals surface area contributed by atoms with E-state index in [0.717, 1.165) is 12.8 Å². The van der Waals surface area contributed by atoms with Gasteiger partial charge in [0.25, 0.3) is 5.91 Å². The van der Waals surface area contributed by atoms with E-state index in [1.807, 2.05) is 18.7 Å². The highest BCUT2D eigenvalue weighted by molar-refractivity contribution is 7.89. The summed E-state index contributed by atoms with van der Waals surface area (Å²) in [4.78, 5) is 16.6. The second kappa shape index (κ2) is 8.12. The highest BCUT2D eigenvalue weighted by Crippen LogP contribution is 2.36. The summed E-state index contributed by atoms with van der Waals surface area (Å²) in [5.41, 5.74) is 1.79. The van der Waals surface area contributed by atoms with E-state index in [2.05, 4.69) is 18.4 Å². The molecule has 0 radical (unpaired) electrons. The smallest absolute Gasteiger partial charge is 0.254 e. The van der Waals surface area contributed by atoms with Crippen LogP contribution >= 0.6 is 11.3 Å². The van der Waals surface area contributed by atoms with Crippen LogP contribution in [0.3, 0.4) is 0 Å². The maximum atomic E-state index is 13.1. The Labute approximate surface area is 165 Å². The van der Waals surface area contributed by atoms with Gasteiger partial charge in [0.05, 0.1) is 10.9 Å². The lowest BCUT2D eigenvalue weighted by Crippen LogP contribution is -2.39. The fourth-order valence-corrected chi connectivity index (χ4v) is 6.11. The molecule has 7 heteroatoms. The Bertz CT molecular complexity index is 900. The van der Waals surface area contributed by atoms with Crippen LogP contribution in [-0.2, 0) is 16.4 Å². The number of benzene rings is 1. The minimum atomic E-state index is -3.51. The topological polar surface area (TPSA) is 57.7 Å². The molecule has 1 aliphatic rings. The second-order valence-corrected chi connectivity index (χ2v) is 9.52. The molecule has 1 aromatic carbocycles. The van der Waals surface area contributed by atoms with Gasteiger partial charge in [-0.25, -0.2) is 8.42 Å². The van der Waals surface area contributed by atoms with E-state index in [4.69, 9.17) is 0 Å². The molecule has 0 bridgehead atoms. The third kappa shape index (κ3) is 3.68. The van der Waals surface area contributed by atoms with Crippen molar-refractivity contribution in [2.24, 2.45) is 0 Å². The molecule has 146 valence electrons. The third-order valence-electron chi connectivity index (χ3n) is 5.19. The molecule has 2 heterocycles. The maximum absolute atomic E-state index is 13.1. The van der Waals surface area contributed by atoms with E-state index < -0.39 is 10.0 Å². The molecule has 0 unspecified atom stereocenters.